The van der Waals surface area contributed by atoms with E-state index in [-0.39, 0.29) is 6.54 Å². The molecule has 0 heterocycles. The van der Waals surface area contributed by atoms with Gasteiger partial charge in [0, 0.05) is 6.54 Å². The second-order valence-electron chi connectivity index (χ2n) is 7.99. The first-order valence-corrected chi connectivity index (χ1v) is 9.84. The fourth-order valence-corrected chi connectivity index (χ4v) is 2.56. The summed E-state index contributed by atoms with van der Waals surface area (Å²) in [5, 5.41) is 48.1. The van der Waals surface area contributed by atoms with Crippen molar-refractivity contribution in [1.29, 1.82) is 0 Å². The molecule has 0 saturated carbocycles. The van der Waals surface area contributed by atoms with Gasteiger partial charge in [-0.25, -0.2) is 4.79 Å². The van der Waals surface area contributed by atoms with Crippen molar-refractivity contribution in [3.8, 4) is 0 Å². The summed E-state index contributed by atoms with van der Waals surface area (Å²) in [5.74, 6) is 0. The number of carbonyl (C=O) groups is 1. The Morgan fingerprint density at radius 1 is 0.926 bits per heavy atom. The van der Waals surface area contributed by atoms with Crippen LogP contribution in [0.2, 0.25) is 0 Å². The van der Waals surface area contributed by atoms with E-state index >= 15 is 0 Å². The SMILES string of the molecule is CCCCCCCCN(CC(O)C(O)C(O)C(O)CO)C(=O)OC(C)(C)C. The summed E-state index contributed by atoms with van der Waals surface area (Å²) < 4.78 is 5.35. The molecular formula is C19H39NO7. The van der Waals surface area contributed by atoms with Crippen LogP contribution in [0.25, 0.3) is 0 Å². The zero-order valence-electron chi connectivity index (χ0n) is 17.2. The topological polar surface area (TPSA) is 131 Å². The number of aliphatic hydroxyl groups excluding tert-OH is 5. The second-order valence-corrected chi connectivity index (χ2v) is 7.99. The molecule has 0 bridgehead atoms. The number of nitrogens with zero attached hydrogens (tertiary/aromatic N) is 1. The summed E-state index contributed by atoms with van der Waals surface area (Å²) in [6.07, 6.45) is -0.935. The van der Waals surface area contributed by atoms with Crippen molar-refractivity contribution < 1.29 is 35.1 Å². The van der Waals surface area contributed by atoms with Crippen LogP contribution in [0, 0.1) is 0 Å². The van der Waals surface area contributed by atoms with E-state index in [1.165, 1.54) is 11.3 Å². The van der Waals surface area contributed by atoms with Crippen molar-refractivity contribution >= 4 is 6.09 Å². The van der Waals surface area contributed by atoms with E-state index in [4.69, 9.17) is 9.84 Å². The molecule has 0 saturated heterocycles. The summed E-state index contributed by atoms with van der Waals surface area (Å²) in [6.45, 7) is 6.70. The van der Waals surface area contributed by atoms with Crippen LogP contribution in [-0.2, 0) is 4.74 Å². The third-order valence-corrected chi connectivity index (χ3v) is 4.17. The first-order chi connectivity index (χ1) is 12.5. The molecule has 8 heteroatoms. The predicted octanol–water partition coefficient (Wildman–Crippen LogP) is 1.02. The van der Waals surface area contributed by atoms with Gasteiger partial charge in [-0.15, -0.1) is 0 Å². The molecule has 0 aliphatic rings. The van der Waals surface area contributed by atoms with Gasteiger partial charge in [-0.2, -0.15) is 0 Å². The quantitative estimate of drug-likeness (QED) is 0.295. The van der Waals surface area contributed by atoms with Gasteiger partial charge in [0.05, 0.1) is 13.2 Å². The van der Waals surface area contributed by atoms with E-state index in [0.29, 0.717) is 6.54 Å². The zero-order valence-corrected chi connectivity index (χ0v) is 17.2. The number of rotatable bonds is 13. The smallest absolute Gasteiger partial charge is 0.410 e. The van der Waals surface area contributed by atoms with Crippen molar-refractivity contribution in [2.45, 2.75) is 96.2 Å². The molecule has 0 aromatic heterocycles. The standard InChI is InChI=1S/C19H39NO7/c1-5-6-7-8-9-10-11-20(18(26)27-19(2,3)4)12-14(22)16(24)17(25)15(23)13-21/h14-17,21-25H,5-13H2,1-4H3. The van der Waals surface area contributed by atoms with Gasteiger partial charge in [0.1, 0.15) is 30.0 Å². The third-order valence-electron chi connectivity index (χ3n) is 4.17. The van der Waals surface area contributed by atoms with Gasteiger partial charge >= 0.3 is 6.09 Å². The molecule has 0 aromatic rings. The first-order valence-electron chi connectivity index (χ1n) is 9.84. The van der Waals surface area contributed by atoms with E-state index in [0.717, 1.165) is 32.1 Å². The predicted molar refractivity (Wildman–Crippen MR) is 102 cm³/mol. The fraction of sp³-hybridized carbons (Fsp3) is 0.947. The van der Waals surface area contributed by atoms with Gasteiger partial charge in [-0.3, -0.25) is 0 Å². The van der Waals surface area contributed by atoms with Gasteiger partial charge in [0.2, 0.25) is 0 Å². The summed E-state index contributed by atoms with van der Waals surface area (Å²) in [6, 6.07) is 0. The molecule has 0 aliphatic carbocycles. The Bertz CT molecular complexity index is 400. The van der Waals surface area contributed by atoms with Crippen LogP contribution < -0.4 is 0 Å². The fourth-order valence-electron chi connectivity index (χ4n) is 2.56. The Morgan fingerprint density at radius 3 is 1.96 bits per heavy atom. The highest BCUT2D eigenvalue weighted by Gasteiger charge is 2.33. The minimum atomic E-state index is -1.72. The molecule has 0 spiro atoms. The lowest BCUT2D eigenvalue weighted by molar-refractivity contribution is -0.119. The second kappa shape index (κ2) is 13.3. The van der Waals surface area contributed by atoms with Crippen LogP contribution in [0.3, 0.4) is 0 Å². The van der Waals surface area contributed by atoms with Crippen LogP contribution in [-0.4, -0.2) is 86.2 Å². The highest BCUT2D eigenvalue weighted by molar-refractivity contribution is 5.68. The van der Waals surface area contributed by atoms with Crippen LogP contribution in [0.5, 0.6) is 0 Å². The Morgan fingerprint density at radius 2 is 1.44 bits per heavy atom. The molecule has 0 radical (unpaired) electrons. The van der Waals surface area contributed by atoms with E-state index in [2.05, 4.69) is 6.92 Å². The first kappa shape index (κ1) is 26.1. The Balaban J connectivity index is 4.78. The van der Waals surface area contributed by atoms with E-state index in [1.54, 1.807) is 20.8 Å². The Hall–Kier alpha value is -0.930. The molecule has 0 fully saturated rings. The van der Waals surface area contributed by atoms with Crippen molar-refractivity contribution in [2.75, 3.05) is 19.7 Å². The maximum Gasteiger partial charge on any atom is 0.410 e. The number of hydrogen-bond acceptors (Lipinski definition) is 7. The molecule has 27 heavy (non-hydrogen) atoms. The van der Waals surface area contributed by atoms with Crippen LogP contribution in [0.1, 0.15) is 66.2 Å². The molecule has 8 nitrogen and oxygen atoms in total. The largest absolute Gasteiger partial charge is 0.444 e. The lowest BCUT2D eigenvalue weighted by Crippen LogP contribution is -2.51. The molecule has 0 aliphatic heterocycles. The summed E-state index contributed by atoms with van der Waals surface area (Å²) in [7, 11) is 0. The lowest BCUT2D eigenvalue weighted by Gasteiger charge is -2.32. The molecule has 4 atom stereocenters. The van der Waals surface area contributed by atoms with Crippen LogP contribution >= 0.6 is 0 Å². The van der Waals surface area contributed by atoms with E-state index in [1.807, 2.05) is 0 Å². The normalized spacial score (nSPS) is 16.5. The van der Waals surface area contributed by atoms with Gasteiger partial charge < -0.3 is 35.2 Å². The summed E-state index contributed by atoms with van der Waals surface area (Å²) in [5.41, 5.74) is -0.702. The maximum atomic E-state index is 12.4. The number of carbonyl (C=O) groups excluding carboxylic acids is 1. The van der Waals surface area contributed by atoms with Gasteiger partial charge in [-0.05, 0) is 27.2 Å². The number of unbranched alkanes of at least 4 members (excludes halogenated alkanes) is 5. The molecule has 5 N–H and O–H groups in total. The highest BCUT2D eigenvalue weighted by atomic mass is 16.6. The minimum absolute atomic E-state index is 0.250. The minimum Gasteiger partial charge on any atom is -0.444 e. The molecule has 0 rings (SSSR count). The molecule has 162 valence electrons. The number of aliphatic hydroxyl groups is 5. The zero-order chi connectivity index (χ0) is 21.0. The molecule has 4 unspecified atom stereocenters. The summed E-state index contributed by atoms with van der Waals surface area (Å²) in [4.78, 5) is 13.7. The van der Waals surface area contributed by atoms with Crippen molar-refractivity contribution in [3.05, 3.63) is 0 Å². The molecule has 1 amide bonds. The van der Waals surface area contributed by atoms with Gasteiger partial charge in [0.15, 0.2) is 0 Å². The van der Waals surface area contributed by atoms with Gasteiger partial charge in [0.25, 0.3) is 0 Å². The average Bonchev–Trinajstić information content (AvgIpc) is 2.59. The van der Waals surface area contributed by atoms with Crippen molar-refractivity contribution in [3.63, 3.8) is 0 Å². The third kappa shape index (κ3) is 11.5. The monoisotopic (exact) mass is 393 g/mol. The van der Waals surface area contributed by atoms with Crippen molar-refractivity contribution in [2.24, 2.45) is 0 Å². The maximum absolute atomic E-state index is 12.4. The molecule has 0 aromatic carbocycles. The number of hydrogen-bond donors (Lipinski definition) is 5. The average molecular weight is 394 g/mol. The van der Waals surface area contributed by atoms with E-state index < -0.39 is 42.7 Å². The highest BCUT2D eigenvalue weighted by Crippen LogP contribution is 2.14. The number of amides is 1. The van der Waals surface area contributed by atoms with Crippen LogP contribution in [0.15, 0.2) is 0 Å². The van der Waals surface area contributed by atoms with Crippen molar-refractivity contribution in [1.82, 2.24) is 4.90 Å². The number of ether oxygens (including phenoxy) is 1. The van der Waals surface area contributed by atoms with E-state index in [9.17, 15) is 25.2 Å². The van der Waals surface area contributed by atoms with Gasteiger partial charge in [-0.1, -0.05) is 39.0 Å². The Labute approximate surface area is 162 Å². The molecular weight excluding hydrogens is 354 g/mol. The van der Waals surface area contributed by atoms with Crippen LogP contribution in [0.4, 0.5) is 4.79 Å². The Kier molecular flexibility index (Phi) is 12.8. The lowest BCUT2D eigenvalue weighted by atomic mass is 10.0. The summed E-state index contributed by atoms with van der Waals surface area (Å²) >= 11 is 0.